The normalized spacial score (nSPS) is 16.0. The van der Waals surface area contributed by atoms with E-state index < -0.39 is 0 Å². The number of carbonyl (C=O) groups excluding carboxylic acids is 1. The Morgan fingerprint density at radius 3 is 2.73 bits per heavy atom. The van der Waals surface area contributed by atoms with Crippen LogP contribution in [0.5, 0.6) is 0 Å². The summed E-state index contributed by atoms with van der Waals surface area (Å²) in [6.07, 6.45) is 7.03. The molecule has 0 atom stereocenters. The van der Waals surface area contributed by atoms with Gasteiger partial charge in [0, 0.05) is 32.5 Å². The predicted molar refractivity (Wildman–Crippen MR) is 84.7 cm³/mol. The van der Waals surface area contributed by atoms with Crippen LogP contribution in [-0.4, -0.2) is 41.2 Å². The van der Waals surface area contributed by atoms with Gasteiger partial charge in [0.05, 0.1) is 0 Å². The lowest BCUT2D eigenvalue weighted by molar-refractivity contribution is 0.205. The Hall–Kier alpha value is -1.59. The number of nitrogens with one attached hydrogen (secondary N) is 1. The molecule has 1 aromatic rings. The first-order valence-corrected chi connectivity index (χ1v) is 8.37. The minimum Gasteiger partial charge on any atom is -0.339 e. The summed E-state index contributed by atoms with van der Waals surface area (Å²) in [5.41, 5.74) is 0. The second-order valence-electron chi connectivity index (χ2n) is 6.57. The number of aromatic nitrogens is 2. The fourth-order valence-electron chi connectivity index (χ4n) is 2.73. The molecule has 1 heterocycles. The van der Waals surface area contributed by atoms with Gasteiger partial charge in [0.15, 0.2) is 5.82 Å². The molecule has 2 rings (SSSR count). The van der Waals surface area contributed by atoms with E-state index in [-0.39, 0.29) is 11.9 Å². The van der Waals surface area contributed by atoms with Crippen molar-refractivity contribution < 1.29 is 9.32 Å². The Balaban J connectivity index is 1.68. The molecule has 6 nitrogen and oxygen atoms in total. The van der Waals surface area contributed by atoms with E-state index in [1.807, 2.05) is 13.8 Å². The zero-order valence-electron chi connectivity index (χ0n) is 14.0. The number of urea groups is 1. The minimum absolute atomic E-state index is 0.0156. The van der Waals surface area contributed by atoms with Crippen LogP contribution in [-0.2, 0) is 6.42 Å². The fraction of sp³-hybridized carbons (Fsp3) is 0.812. The number of carbonyl (C=O) groups is 1. The summed E-state index contributed by atoms with van der Waals surface area (Å²) in [6.45, 7) is 5.42. The van der Waals surface area contributed by atoms with Crippen LogP contribution in [0.3, 0.4) is 0 Å². The molecule has 1 fully saturated rings. The molecule has 0 bridgehead atoms. The molecule has 2 amide bonds. The van der Waals surface area contributed by atoms with Gasteiger partial charge in [0.2, 0.25) is 5.89 Å². The van der Waals surface area contributed by atoms with Crippen molar-refractivity contribution in [3.63, 3.8) is 0 Å². The highest BCUT2D eigenvalue weighted by molar-refractivity contribution is 5.73. The van der Waals surface area contributed by atoms with Gasteiger partial charge < -0.3 is 14.7 Å². The monoisotopic (exact) mass is 308 g/mol. The maximum atomic E-state index is 12.1. The van der Waals surface area contributed by atoms with E-state index >= 15 is 0 Å². The number of likely N-dealkylation sites (N-methyl/N-ethyl adjacent to an activating group) is 1. The van der Waals surface area contributed by atoms with Crippen molar-refractivity contribution in [1.29, 1.82) is 0 Å². The standard InChI is InChI=1S/C16H28N4O2/c1-12(2)15-18-14(19-22-15)9-10-20(3)16(21)17-11-13-7-5-4-6-8-13/h12-13H,4-11H2,1-3H3,(H,17,21). The van der Waals surface area contributed by atoms with Crippen LogP contribution in [0, 0.1) is 5.92 Å². The summed E-state index contributed by atoms with van der Waals surface area (Å²) >= 11 is 0. The molecule has 6 heteroatoms. The van der Waals surface area contributed by atoms with E-state index in [1.165, 1.54) is 32.1 Å². The molecule has 0 saturated heterocycles. The van der Waals surface area contributed by atoms with E-state index in [0.29, 0.717) is 30.6 Å². The zero-order chi connectivity index (χ0) is 15.9. The van der Waals surface area contributed by atoms with Gasteiger partial charge in [-0.15, -0.1) is 0 Å². The highest BCUT2D eigenvalue weighted by atomic mass is 16.5. The molecule has 22 heavy (non-hydrogen) atoms. The second-order valence-corrected chi connectivity index (χ2v) is 6.57. The number of hydrogen-bond donors (Lipinski definition) is 1. The third kappa shape index (κ3) is 5.00. The number of rotatable bonds is 6. The molecule has 0 unspecified atom stereocenters. The first kappa shape index (κ1) is 16.8. The Bertz CT molecular complexity index is 466. The first-order chi connectivity index (χ1) is 10.6. The molecule has 1 saturated carbocycles. The van der Waals surface area contributed by atoms with Crippen LogP contribution in [0.15, 0.2) is 4.52 Å². The maximum Gasteiger partial charge on any atom is 0.317 e. The van der Waals surface area contributed by atoms with E-state index in [2.05, 4.69) is 15.5 Å². The van der Waals surface area contributed by atoms with E-state index in [0.717, 1.165) is 6.54 Å². The van der Waals surface area contributed by atoms with Crippen LogP contribution in [0.4, 0.5) is 4.79 Å². The highest BCUT2D eigenvalue weighted by Crippen LogP contribution is 2.22. The van der Waals surface area contributed by atoms with Gasteiger partial charge in [0.25, 0.3) is 0 Å². The largest absolute Gasteiger partial charge is 0.339 e. The van der Waals surface area contributed by atoms with Crippen molar-refractivity contribution in [1.82, 2.24) is 20.4 Å². The van der Waals surface area contributed by atoms with Gasteiger partial charge in [-0.3, -0.25) is 0 Å². The minimum atomic E-state index is -0.0156. The summed E-state index contributed by atoms with van der Waals surface area (Å²) in [4.78, 5) is 18.1. The molecule has 1 aliphatic carbocycles. The van der Waals surface area contributed by atoms with E-state index in [4.69, 9.17) is 4.52 Å². The molecule has 0 radical (unpaired) electrons. The molecule has 1 aliphatic rings. The third-order valence-corrected chi connectivity index (χ3v) is 4.26. The van der Waals surface area contributed by atoms with Gasteiger partial charge >= 0.3 is 6.03 Å². The zero-order valence-corrected chi connectivity index (χ0v) is 14.0. The highest BCUT2D eigenvalue weighted by Gasteiger charge is 2.16. The average molecular weight is 308 g/mol. The number of hydrogen-bond acceptors (Lipinski definition) is 4. The lowest BCUT2D eigenvalue weighted by atomic mass is 9.89. The summed E-state index contributed by atoms with van der Waals surface area (Å²) in [7, 11) is 1.81. The van der Waals surface area contributed by atoms with Crippen molar-refractivity contribution >= 4 is 6.03 Å². The maximum absolute atomic E-state index is 12.1. The molecule has 1 aromatic heterocycles. The van der Waals surface area contributed by atoms with E-state index in [9.17, 15) is 4.79 Å². The summed E-state index contributed by atoms with van der Waals surface area (Å²) < 4.78 is 5.17. The molecule has 0 aliphatic heterocycles. The van der Waals surface area contributed by atoms with Crippen molar-refractivity contribution in [3.8, 4) is 0 Å². The molecule has 0 spiro atoms. The summed E-state index contributed by atoms with van der Waals surface area (Å²) in [5, 5.41) is 6.98. The van der Waals surface area contributed by atoms with Gasteiger partial charge in [-0.2, -0.15) is 4.98 Å². The Labute approximate surface area is 132 Å². The topological polar surface area (TPSA) is 71.3 Å². The Kier molecular flexibility index (Phi) is 6.21. The average Bonchev–Trinajstić information content (AvgIpc) is 3.00. The fourth-order valence-corrected chi connectivity index (χ4v) is 2.73. The van der Waals surface area contributed by atoms with Crippen molar-refractivity contribution in [2.24, 2.45) is 5.92 Å². The Morgan fingerprint density at radius 2 is 2.09 bits per heavy atom. The lowest BCUT2D eigenvalue weighted by Gasteiger charge is -2.23. The van der Waals surface area contributed by atoms with Crippen molar-refractivity contribution in [3.05, 3.63) is 11.7 Å². The molecule has 1 N–H and O–H groups in total. The van der Waals surface area contributed by atoms with Crippen LogP contribution >= 0.6 is 0 Å². The quantitative estimate of drug-likeness (QED) is 0.877. The second kappa shape index (κ2) is 8.15. The predicted octanol–water partition coefficient (Wildman–Crippen LogP) is 2.96. The summed E-state index contributed by atoms with van der Waals surface area (Å²) in [6, 6.07) is -0.0156. The van der Waals surface area contributed by atoms with Crippen molar-refractivity contribution in [2.45, 2.75) is 58.3 Å². The van der Waals surface area contributed by atoms with Crippen LogP contribution in [0.2, 0.25) is 0 Å². The van der Waals surface area contributed by atoms with Gasteiger partial charge in [-0.1, -0.05) is 38.3 Å². The SMILES string of the molecule is CC(C)c1nc(CCN(C)C(=O)NCC2CCCCC2)no1. The third-order valence-electron chi connectivity index (χ3n) is 4.26. The smallest absolute Gasteiger partial charge is 0.317 e. The van der Waals surface area contributed by atoms with Gasteiger partial charge in [-0.05, 0) is 18.8 Å². The summed E-state index contributed by atoms with van der Waals surface area (Å²) in [5.74, 6) is 2.20. The number of nitrogens with zero attached hydrogens (tertiary/aromatic N) is 3. The van der Waals surface area contributed by atoms with Crippen molar-refractivity contribution in [2.75, 3.05) is 20.1 Å². The van der Waals surface area contributed by atoms with Crippen LogP contribution in [0.1, 0.15) is 63.6 Å². The molecular weight excluding hydrogens is 280 g/mol. The Morgan fingerprint density at radius 1 is 1.36 bits per heavy atom. The molecule has 0 aromatic carbocycles. The van der Waals surface area contributed by atoms with Gasteiger partial charge in [0.1, 0.15) is 0 Å². The van der Waals surface area contributed by atoms with Gasteiger partial charge in [-0.25, -0.2) is 4.79 Å². The van der Waals surface area contributed by atoms with E-state index in [1.54, 1.807) is 11.9 Å². The molecule has 124 valence electrons. The number of amides is 2. The lowest BCUT2D eigenvalue weighted by Crippen LogP contribution is -2.40. The first-order valence-electron chi connectivity index (χ1n) is 8.37. The van der Waals surface area contributed by atoms with Crippen LogP contribution in [0.25, 0.3) is 0 Å². The molecular formula is C16H28N4O2. The van der Waals surface area contributed by atoms with Crippen LogP contribution < -0.4 is 5.32 Å².